The van der Waals surface area contributed by atoms with Crippen molar-refractivity contribution in [2.45, 2.75) is 6.92 Å². The fraction of sp³-hybridized carbons (Fsp3) is 0.0625. The molecule has 3 aromatic heterocycles. The number of nitrogens with zero attached hydrogens (tertiary/aromatic N) is 4. The van der Waals surface area contributed by atoms with Gasteiger partial charge in [0.2, 0.25) is 0 Å². The summed E-state index contributed by atoms with van der Waals surface area (Å²) in [6.45, 7) is 1.73. The van der Waals surface area contributed by atoms with E-state index in [1.165, 1.54) is 0 Å². The van der Waals surface area contributed by atoms with Crippen molar-refractivity contribution in [3.8, 4) is 11.3 Å². The summed E-state index contributed by atoms with van der Waals surface area (Å²) in [5.41, 5.74) is 3.42. The number of amides is 1. The molecule has 0 aliphatic rings. The molecule has 0 aliphatic carbocycles. The Morgan fingerprint density at radius 1 is 1.21 bits per heavy atom. The monoisotopic (exact) mass is 337 g/mol. The van der Waals surface area contributed by atoms with Crippen LogP contribution in [0.3, 0.4) is 0 Å². The zero-order chi connectivity index (χ0) is 16.5. The number of carbonyl (C=O) groups excluding carboxylic acids is 1. The number of para-hydroxylation sites is 1. The number of nitrogens with one attached hydrogen (secondary N) is 1. The summed E-state index contributed by atoms with van der Waals surface area (Å²) in [6, 6.07) is 11.4. The van der Waals surface area contributed by atoms with Crippen LogP contribution in [0.25, 0.3) is 22.4 Å². The number of benzene rings is 1. The van der Waals surface area contributed by atoms with Crippen LogP contribution in [0.1, 0.15) is 15.4 Å². The molecule has 4 aromatic rings. The molecule has 1 amide bonds. The first-order valence-corrected chi connectivity index (χ1v) is 7.91. The van der Waals surface area contributed by atoms with Crippen molar-refractivity contribution in [1.82, 2.24) is 19.6 Å². The Balaban J connectivity index is 1.72. The van der Waals surface area contributed by atoms with Crippen LogP contribution in [0.15, 0.2) is 47.0 Å². The summed E-state index contributed by atoms with van der Waals surface area (Å²) >= 11 is 1.03. The van der Waals surface area contributed by atoms with Gasteiger partial charge < -0.3 is 4.42 Å². The first kappa shape index (κ1) is 14.5. The molecule has 0 fully saturated rings. The average molecular weight is 337 g/mol. The molecule has 24 heavy (non-hydrogen) atoms. The molecule has 7 nitrogen and oxygen atoms in total. The number of aryl methyl sites for hydroxylation is 1. The minimum Gasteiger partial charge on any atom is -0.423 e. The lowest BCUT2D eigenvalue weighted by Gasteiger charge is -1.99. The summed E-state index contributed by atoms with van der Waals surface area (Å²) in [5, 5.41) is 6.47. The molecule has 1 aromatic carbocycles. The predicted molar refractivity (Wildman–Crippen MR) is 89.8 cm³/mol. The Kier molecular flexibility index (Phi) is 3.51. The molecule has 1 N–H and O–H groups in total. The zero-order valence-electron chi connectivity index (χ0n) is 12.6. The molecule has 0 spiro atoms. The van der Waals surface area contributed by atoms with E-state index in [0.29, 0.717) is 21.7 Å². The lowest BCUT2D eigenvalue weighted by Crippen LogP contribution is -2.11. The minimum absolute atomic E-state index is 0.131. The number of fused-ring (bicyclic) bond motifs is 1. The summed E-state index contributed by atoms with van der Waals surface area (Å²) < 4.78 is 9.38. The second kappa shape index (κ2) is 5.82. The first-order chi connectivity index (χ1) is 11.7. The number of hydrogen-bond acceptors (Lipinski definition) is 7. The summed E-state index contributed by atoms with van der Waals surface area (Å²) in [7, 11) is 0. The number of carbonyl (C=O) groups is 1. The van der Waals surface area contributed by atoms with Crippen molar-refractivity contribution in [3.05, 3.63) is 53.2 Å². The fourth-order valence-corrected chi connectivity index (χ4v) is 2.88. The van der Waals surface area contributed by atoms with Gasteiger partial charge in [0.15, 0.2) is 5.58 Å². The molecule has 0 saturated carbocycles. The van der Waals surface area contributed by atoms with E-state index in [0.717, 1.165) is 22.8 Å². The van der Waals surface area contributed by atoms with Crippen LogP contribution in [0.5, 0.6) is 0 Å². The SMILES string of the molecule is Cc1nnsc1C(=O)Nc1nc2c(-c3ccccn3)cccc2o1. The van der Waals surface area contributed by atoms with Gasteiger partial charge in [0, 0.05) is 11.8 Å². The van der Waals surface area contributed by atoms with E-state index < -0.39 is 0 Å². The van der Waals surface area contributed by atoms with Crippen molar-refractivity contribution in [3.63, 3.8) is 0 Å². The van der Waals surface area contributed by atoms with Gasteiger partial charge in [-0.1, -0.05) is 22.7 Å². The van der Waals surface area contributed by atoms with E-state index in [-0.39, 0.29) is 11.9 Å². The standard InChI is InChI=1S/C16H11N5O2S/c1-9-14(24-21-20-9)15(22)19-16-18-13-10(5-4-7-12(13)23-16)11-6-2-3-8-17-11/h2-8H,1H3,(H,18,19,22). The lowest BCUT2D eigenvalue weighted by molar-refractivity contribution is 0.102. The normalized spacial score (nSPS) is 10.9. The number of pyridine rings is 1. The van der Waals surface area contributed by atoms with Gasteiger partial charge in [-0.3, -0.25) is 15.1 Å². The molecular weight excluding hydrogens is 326 g/mol. The highest BCUT2D eigenvalue weighted by molar-refractivity contribution is 7.08. The average Bonchev–Trinajstić information content (AvgIpc) is 3.20. The summed E-state index contributed by atoms with van der Waals surface area (Å²) in [6.07, 6.45) is 1.72. The van der Waals surface area contributed by atoms with Crippen LogP contribution in [0.2, 0.25) is 0 Å². The van der Waals surface area contributed by atoms with E-state index in [9.17, 15) is 4.79 Å². The van der Waals surface area contributed by atoms with Gasteiger partial charge in [0.05, 0.1) is 11.4 Å². The predicted octanol–water partition coefficient (Wildman–Crippen LogP) is 3.30. The number of oxazole rings is 1. The Labute approximate surface area is 140 Å². The Morgan fingerprint density at radius 3 is 2.88 bits per heavy atom. The van der Waals surface area contributed by atoms with Crippen LogP contribution in [0, 0.1) is 6.92 Å². The molecular formula is C16H11N5O2S. The third-order valence-corrected chi connectivity index (χ3v) is 4.26. The largest absolute Gasteiger partial charge is 0.423 e. The van der Waals surface area contributed by atoms with Gasteiger partial charge in [-0.15, -0.1) is 5.10 Å². The Hall–Kier alpha value is -3.13. The van der Waals surface area contributed by atoms with Gasteiger partial charge in [0.1, 0.15) is 10.4 Å². The van der Waals surface area contributed by atoms with Gasteiger partial charge in [-0.25, -0.2) is 0 Å². The number of hydrogen-bond donors (Lipinski definition) is 1. The molecule has 0 saturated heterocycles. The van der Waals surface area contributed by atoms with Crippen molar-refractivity contribution >= 4 is 34.6 Å². The lowest BCUT2D eigenvalue weighted by atomic mass is 10.1. The molecule has 118 valence electrons. The van der Waals surface area contributed by atoms with Gasteiger partial charge in [-0.2, -0.15) is 4.98 Å². The van der Waals surface area contributed by atoms with Crippen molar-refractivity contribution < 1.29 is 9.21 Å². The van der Waals surface area contributed by atoms with E-state index in [2.05, 4.69) is 24.9 Å². The third kappa shape index (κ3) is 2.52. The molecule has 0 unspecified atom stereocenters. The van der Waals surface area contributed by atoms with Crippen molar-refractivity contribution in [2.75, 3.05) is 5.32 Å². The van der Waals surface area contributed by atoms with Crippen LogP contribution in [0.4, 0.5) is 6.01 Å². The quantitative estimate of drug-likeness (QED) is 0.616. The van der Waals surface area contributed by atoms with Crippen LogP contribution in [-0.4, -0.2) is 25.5 Å². The molecule has 0 atom stereocenters. The molecule has 0 aliphatic heterocycles. The molecule has 0 radical (unpaired) electrons. The number of rotatable bonds is 3. The Morgan fingerprint density at radius 2 is 2.12 bits per heavy atom. The van der Waals surface area contributed by atoms with Crippen LogP contribution < -0.4 is 5.32 Å². The smallest absolute Gasteiger partial charge is 0.302 e. The maximum atomic E-state index is 12.2. The summed E-state index contributed by atoms with van der Waals surface area (Å²) in [4.78, 5) is 21.4. The first-order valence-electron chi connectivity index (χ1n) is 7.13. The van der Waals surface area contributed by atoms with Gasteiger partial charge >= 0.3 is 6.01 Å². The second-order valence-corrected chi connectivity index (χ2v) is 5.78. The van der Waals surface area contributed by atoms with Crippen LogP contribution >= 0.6 is 11.5 Å². The molecule has 0 bridgehead atoms. The molecule has 8 heteroatoms. The van der Waals surface area contributed by atoms with E-state index >= 15 is 0 Å². The summed E-state index contributed by atoms with van der Waals surface area (Å²) in [5.74, 6) is -0.339. The Bertz CT molecular complexity index is 1030. The highest BCUT2D eigenvalue weighted by Crippen LogP contribution is 2.29. The topological polar surface area (TPSA) is 93.8 Å². The van der Waals surface area contributed by atoms with E-state index in [1.54, 1.807) is 19.2 Å². The van der Waals surface area contributed by atoms with Crippen molar-refractivity contribution in [1.29, 1.82) is 0 Å². The van der Waals surface area contributed by atoms with Gasteiger partial charge in [-0.05, 0) is 36.7 Å². The van der Waals surface area contributed by atoms with Crippen molar-refractivity contribution in [2.24, 2.45) is 0 Å². The number of anilines is 1. The van der Waals surface area contributed by atoms with Gasteiger partial charge in [0.25, 0.3) is 5.91 Å². The van der Waals surface area contributed by atoms with E-state index in [1.807, 2.05) is 30.3 Å². The maximum absolute atomic E-state index is 12.2. The molecule has 4 rings (SSSR count). The van der Waals surface area contributed by atoms with E-state index in [4.69, 9.17) is 4.42 Å². The fourth-order valence-electron chi connectivity index (χ4n) is 2.32. The molecule has 3 heterocycles. The maximum Gasteiger partial charge on any atom is 0.302 e. The van der Waals surface area contributed by atoms with Crippen LogP contribution in [-0.2, 0) is 0 Å². The second-order valence-electron chi connectivity index (χ2n) is 5.03. The highest BCUT2D eigenvalue weighted by Gasteiger charge is 2.17. The minimum atomic E-state index is -0.339. The zero-order valence-corrected chi connectivity index (χ0v) is 13.4. The number of aromatic nitrogens is 4. The third-order valence-electron chi connectivity index (χ3n) is 3.44. The highest BCUT2D eigenvalue weighted by atomic mass is 32.1.